The van der Waals surface area contributed by atoms with Gasteiger partial charge in [-0.3, -0.25) is 19.2 Å². The molecule has 2 aromatic heterocycles. The Balaban J connectivity index is 0.00000122. The summed E-state index contributed by atoms with van der Waals surface area (Å²) < 4.78 is 89.6. The van der Waals surface area contributed by atoms with Gasteiger partial charge in [-0.2, -0.15) is 17.9 Å². The summed E-state index contributed by atoms with van der Waals surface area (Å²) in [5.74, 6) is -6.21. The zero-order valence-electron chi connectivity index (χ0n) is 31.5. The molecule has 20 nitrogen and oxygen atoms in total. The largest absolute Gasteiger partial charge is 0.490 e. The Hall–Kier alpha value is -5.57. The molecule has 4 rings (SSSR count). The lowest BCUT2D eigenvalue weighted by Crippen LogP contribution is -2.49. The van der Waals surface area contributed by atoms with Crippen LogP contribution in [0.1, 0.15) is 39.0 Å². The number of sulfonamides is 1. The second kappa shape index (κ2) is 19.9. The maximum Gasteiger partial charge on any atom is 0.490 e. The van der Waals surface area contributed by atoms with Crippen molar-refractivity contribution in [1.82, 2.24) is 29.9 Å². The van der Waals surface area contributed by atoms with E-state index in [0.717, 1.165) is 11.1 Å². The van der Waals surface area contributed by atoms with Crippen molar-refractivity contribution in [3.63, 3.8) is 0 Å². The van der Waals surface area contributed by atoms with Crippen molar-refractivity contribution >= 4 is 61.5 Å². The van der Waals surface area contributed by atoms with Gasteiger partial charge in [-0.1, -0.05) is 23.8 Å². The summed E-state index contributed by atoms with van der Waals surface area (Å²) in [6.45, 7) is 4.83. The van der Waals surface area contributed by atoms with E-state index in [1.165, 1.54) is 6.20 Å². The van der Waals surface area contributed by atoms with Gasteiger partial charge in [-0.05, 0) is 56.0 Å². The molecule has 59 heavy (non-hydrogen) atoms. The van der Waals surface area contributed by atoms with Gasteiger partial charge >= 0.3 is 18.1 Å². The lowest BCUT2D eigenvalue weighted by atomic mass is 10.1. The number of carboxylic acid groups (broad SMARTS) is 2. The van der Waals surface area contributed by atoms with Gasteiger partial charge in [-0.25, -0.2) is 18.2 Å². The minimum absolute atomic E-state index is 0.0480. The molecule has 2 atom stereocenters. The Kier molecular flexibility index (Phi) is 16.1. The van der Waals surface area contributed by atoms with E-state index in [9.17, 15) is 59.5 Å². The summed E-state index contributed by atoms with van der Waals surface area (Å²) in [5.41, 5.74) is 7.49. The standard InChI is InChI=1S/C32H42N8O10S2.C2HF3O2/c1-18-11-19(2)28(20(3)12-18)52(49,50)39-25(31(44)45)15-37-29(42)23-16-40(10-4-7-34-30(43)24(33)17-51(46,47)48)26-13-21(5-6-22(26)27(23)41)14-38-32-35-8-9-36-32;3-2(4,5)1(6)7/h5-6,8-9,11-13,16,24-25,39,46-48H,4,7,10,14-15,17,33H2,1-3H3,(H,34,43)(H,37,42)(H,44,45)(H2,35,36,38);(H,6,7)/t24-,25-;/m0./s1. The first-order valence-corrected chi connectivity index (χ1v) is 20.3. The van der Waals surface area contributed by atoms with E-state index < -0.39 is 80.6 Å². The van der Waals surface area contributed by atoms with Crippen LogP contribution in [0.15, 0.2) is 58.6 Å². The third kappa shape index (κ3) is 14.0. The highest BCUT2D eigenvalue weighted by atomic mass is 32.3. The van der Waals surface area contributed by atoms with Crippen LogP contribution >= 0.6 is 10.9 Å². The van der Waals surface area contributed by atoms with Gasteiger partial charge in [0.1, 0.15) is 11.6 Å². The monoisotopic (exact) mass is 876 g/mol. The number of aryl methyl sites for hydroxylation is 4. The smallest absolute Gasteiger partial charge is 0.480 e. The highest BCUT2D eigenvalue weighted by molar-refractivity contribution is 8.19. The first-order valence-electron chi connectivity index (χ1n) is 17.1. The number of H-pyrrole nitrogens is 1. The number of aromatic nitrogens is 3. The number of nitrogens with one attached hydrogen (secondary N) is 5. The van der Waals surface area contributed by atoms with Gasteiger partial charge in [-0.15, -0.1) is 0 Å². The minimum Gasteiger partial charge on any atom is -0.480 e. The van der Waals surface area contributed by atoms with Crippen molar-refractivity contribution < 1.29 is 64.6 Å². The molecule has 0 spiro atoms. The molecule has 0 saturated carbocycles. The highest BCUT2D eigenvalue weighted by Gasteiger charge is 2.38. The van der Waals surface area contributed by atoms with Gasteiger partial charge in [0.05, 0.1) is 33.1 Å². The fourth-order valence-electron chi connectivity index (χ4n) is 5.66. The summed E-state index contributed by atoms with van der Waals surface area (Å²) in [4.78, 5) is 67.3. The number of imidazole rings is 1. The Bertz CT molecular complexity index is 2310. The number of pyridine rings is 1. The number of amides is 2. The van der Waals surface area contributed by atoms with Crippen molar-refractivity contribution in [1.29, 1.82) is 0 Å². The van der Waals surface area contributed by atoms with Gasteiger partial charge in [0, 0.05) is 50.2 Å². The molecular formula is C34H43F3N8O12S2. The molecule has 2 heterocycles. The number of rotatable bonds is 17. The number of fused-ring (bicyclic) bond motifs is 1. The third-order valence-electron chi connectivity index (χ3n) is 8.14. The summed E-state index contributed by atoms with van der Waals surface area (Å²) in [6.07, 6.45) is -0.319. The number of halogens is 3. The first-order chi connectivity index (χ1) is 27.3. The molecule has 0 radical (unpaired) electrons. The number of aliphatic carboxylic acids is 2. The Morgan fingerprint density at radius 2 is 1.63 bits per heavy atom. The van der Waals surface area contributed by atoms with Gasteiger partial charge in [0.15, 0.2) is 5.95 Å². The first kappa shape index (κ1) is 47.8. The van der Waals surface area contributed by atoms with Crippen LogP contribution in [0.4, 0.5) is 19.1 Å². The molecule has 0 aliphatic rings. The number of nitrogens with zero attached hydrogens (tertiary/aromatic N) is 2. The van der Waals surface area contributed by atoms with Crippen LogP contribution in [0.25, 0.3) is 10.9 Å². The van der Waals surface area contributed by atoms with E-state index in [4.69, 9.17) is 15.6 Å². The molecule has 4 aromatic rings. The maximum absolute atomic E-state index is 13.6. The molecule has 2 aromatic carbocycles. The van der Waals surface area contributed by atoms with Crippen molar-refractivity contribution in [2.75, 3.05) is 24.2 Å². The number of carboxylic acids is 2. The van der Waals surface area contributed by atoms with E-state index in [1.807, 2.05) is 0 Å². The number of alkyl halides is 3. The van der Waals surface area contributed by atoms with Crippen LogP contribution in [0, 0.1) is 20.8 Å². The second-order valence-corrected chi connectivity index (χ2v) is 16.3. The minimum atomic E-state index is -5.08. The quantitative estimate of drug-likeness (QED) is 0.0677. The van der Waals surface area contributed by atoms with Gasteiger partial charge < -0.3 is 55.1 Å². The Morgan fingerprint density at radius 3 is 2.17 bits per heavy atom. The van der Waals surface area contributed by atoms with Crippen molar-refractivity contribution in [2.24, 2.45) is 5.73 Å². The Labute approximate surface area is 335 Å². The number of nitrogens with two attached hydrogens (primary N) is 1. The fraction of sp³-hybridized carbons (Fsp3) is 0.353. The fourth-order valence-corrected chi connectivity index (χ4v) is 7.93. The normalized spacial score (nSPS) is 13.1. The number of hydrogen-bond donors (Lipinski definition) is 11. The van der Waals surface area contributed by atoms with E-state index in [1.54, 1.807) is 68.1 Å². The number of carbonyl (C=O) groups is 4. The molecule has 0 bridgehead atoms. The lowest BCUT2D eigenvalue weighted by molar-refractivity contribution is -0.192. The SMILES string of the molecule is Cc1cc(C)c(S(=O)(=O)N[C@@H](CNC(=O)c2cn(CCCNC(=O)[C@@H](N)CS(O)(O)O)c3cc(CNc4ncc[nH]4)ccc3c2=O)C(=O)O)c(C)c1.O=C(O)C(F)(F)F. The molecule has 0 aliphatic carbocycles. The molecule has 0 fully saturated rings. The Morgan fingerprint density at radius 1 is 1.00 bits per heavy atom. The molecule has 12 N–H and O–H groups in total. The van der Waals surface area contributed by atoms with Crippen molar-refractivity contribution in [3.8, 4) is 0 Å². The van der Waals surface area contributed by atoms with Crippen molar-refractivity contribution in [2.45, 2.75) is 63.4 Å². The van der Waals surface area contributed by atoms with Crippen LogP contribution in [-0.2, 0) is 37.5 Å². The third-order valence-corrected chi connectivity index (χ3v) is 10.7. The molecule has 0 saturated heterocycles. The van der Waals surface area contributed by atoms with E-state index in [2.05, 4.69) is 30.6 Å². The van der Waals surface area contributed by atoms with Gasteiger partial charge in [0.2, 0.25) is 21.4 Å². The highest BCUT2D eigenvalue weighted by Crippen LogP contribution is 2.32. The summed E-state index contributed by atoms with van der Waals surface area (Å²) in [5, 5.41) is 25.1. The molecular weight excluding hydrogens is 834 g/mol. The number of anilines is 1. The lowest BCUT2D eigenvalue weighted by Gasteiger charge is -2.22. The predicted octanol–water partition coefficient (Wildman–Crippen LogP) is 2.11. The van der Waals surface area contributed by atoms with Crippen LogP contribution < -0.4 is 31.8 Å². The molecule has 2 amide bonds. The van der Waals surface area contributed by atoms with E-state index in [-0.39, 0.29) is 35.4 Å². The summed E-state index contributed by atoms with van der Waals surface area (Å²) in [6, 6.07) is 5.11. The average Bonchev–Trinajstić information content (AvgIpc) is 3.64. The molecule has 0 aliphatic heterocycles. The topological polar surface area (TPSA) is 328 Å². The zero-order valence-corrected chi connectivity index (χ0v) is 33.2. The molecule has 324 valence electrons. The van der Waals surface area contributed by atoms with Crippen LogP contribution in [-0.4, -0.2) is 108 Å². The van der Waals surface area contributed by atoms with E-state index >= 15 is 0 Å². The molecule has 25 heteroatoms. The summed E-state index contributed by atoms with van der Waals surface area (Å²) in [7, 11) is -8.31. The number of benzene rings is 2. The van der Waals surface area contributed by atoms with Crippen molar-refractivity contribution in [3.05, 3.63) is 87.0 Å². The van der Waals surface area contributed by atoms with E-state index in [0.29, 0.717) is 29.1 Å². The average molecular weight is 877 g/mol. The summed E-state index contributed by atoms with van der Waals surface area (Å²) >= 11 is 0. The van der Waals surface area contributed by atoms with Crippen LogP contribution in [0.5, 0.6) is 0 Å². The van der Waals surface area contributed by atoms with Gasteiger partial charge in [0.25, 0.3) is 5.91 Å². The van der Waals surface area contributed by atoms with Crippen LogP contribution in [0.3, 0.4) is 0 Å². The number of carbonyl (C=O) groups excluding carboxylic acids is 2. The molecule has 0 unspecified atom stereocenters. The predicted molar refractivity (Wildman–Crippen MR) is 208 cm³/mol. The maximum atomic E-state index is 13.6. The van der Waals surface area contributed by atoms with Crippen LogP contribution in [0.2, 0.25) is 0 Å². The second-order valence-electron chi connectivity index (χ2n) is 13.0. The number of hydrogen-bond acceptors (Lipinski definition) is 13. The number of aromatic amines is 1. The zero-order chi connectivity index (χ0) is 44.5.